The Labute approximate surface area is 202 Å². The van der Waals surface area contributed by atoms with E-state index < -0.39 is 41.1 Å². The lowest BCUT2D eigenvalue weighted by Gasteiger charge is -2.38. The Morgan fingerprint density at radius 2 is 1.71 bits per heavy atom. The van der Waals surface area contributed by atoms with Gasteiger partial charge in [-0.2, -0.15) is 0 Å². The van der Waals surface area contributed by atoms with Crippen LogP contribution in [0.4, 0.5) is 4.39 Å². The zero-order valence-electron chi connectivity index (χ0n) is 19.5. The molecule has 4 rings (SSSR count). The molecule has 3 atom stereocenters. The first-order valence-electron chi connectivity index (χ1n) is 11.8. The van der Waals surface area contributed by atoms with Crippen molar-refractivity contribution in [3.05, 3.63) is 70.9 Å². The maximum absolute atomic E-state index is 13.7. The molecule has 0 saturated heterocycles. The molecule has 1 aromatic carbocycles. The van der Waals surface area contributed by atoms with Crippen LogP contribution in [0, 0.1) is 17.2 Å². The second kappa shape index (κ2) is 9.41. The number of benzene rings is 1. The Balaban J connectivity index is 1.75. The predicted octanol–water partition coefficient (Wildman–Crippen LogP) is 4.72. The third-order valence-corrected chi connectivity index (χ3v) is 7.32. The van der Waals surface area contributed by atoms with E-state index in [-0.39, 0.29) is 23.9 Å². The molecular formula is C27H29FO7. The smallest absolute Gasteiger partial charge is 0.336 e. The van der Waals surface area contributed by atoms with Crippen LogP contribution in [-0.4, -0.2) is 38.6 Å². The van der Waals surface area contributed by atoms with E-state index in [0.29, 0.717) is 11.3 Å². The quantitative estimate of drug-likeness (QED) is 0.383. The van der Waals surface area contributed by atoms with Gasteiger partial charge in [0.05, 0.1) is 11.3 Å². The van der Waals surface area contributed by atoms with Crippen LogP contribution >= 0.6 is 0 Å². The molecule has 0 amide bonds. The minimum atomic E-state index is -2.62. The summed E-state index contributed by atoms with van der Waals surface area (Å²) in [5.74, 6) is -4.89. The molecule has 186 valence electrons. The number of rotatable bonds is 7. The van der Waals surface area contributed by atoms with E-state index in [4.69, 9.17) is 4.42 Å². The molecule has 0 bridgehead atoms. The molecule has 1 aromatic heterocycles. The van der Waals surface area contributed by atoms with Crippen LogP contribution in [0.1, 0.15) is 78.8 Å². The fourth-order valence-electron chi connectivity index (χ4n) is 5.20. The zero-order valence-corrected chi connectivity index (χ0v) is 19.5. The van der Waals surface area contributed by atoms with Crippen LogP contribution in [-0.2, 0) is 16.0 Å². The lowest BCUT2D eigenvalue weighted by molar-refractivity contribution is -0.169. The normalized spacial score (nSPS) is 27.0. The van der Waals surface area contributed by atoms with Crippen molar-refractivity contribution in [2.24, 2.45) is 11.3 Å². The first kappa shape index (κ1) is 24.9. The average Bonchev–Trinajstić information content (AvgIpc) is 3.24. The van der Waals surface area contributed by atoms with E-state index in [0.717, 1.165) is 37.7 Å². The molecule has 2 aliphatic carbocycles. The summed E-state index contributed by atoms with van der Waals surface area (Å²) in [5.41, 5.74) is -3.00. The summed E-state index contributed by atoms with van der Waals surface area (Å²) in [6.45, 7) is 1.30. The summed E-state index contributed by atoms with van der Waals surface area (Å²) >= 11 is 0. The molecule has 35 heavy (non-hydrogen) atoms. The van der Waals surface area contributed by atoms with Crippen molar-refractivity contribution in [2.45, 2.75) is 63.4 Å². The van der Waals surface area contributed by atoms with Crippen LogP contribution in [0.3, 0.4) is 0 Å². The predicted molar refractivity (Wildman–Crippen MR) is 124 cm³/mol. The van der Waals surface area contributed by atoms with Gasteiger partial charge in [-0.15, -0.1) is 0 Å². The standard InChI is InChI=1S/C27H29FO7/c1-26(24(30)31)12-11-20(27(34,15-26)25(32)33)22(29)23-18(13-16-7-9-19(28)10-8-16)14-21(35-23)17-5-3-2-4-6-17/h7-12,14,17,20,34H,2-6,13,15H2,1H3,(H,30,31)(H,32,33). The van der Waals surface area contributed by atoms with E-state index in [2.05, 4.69) is 0 Å². The van der Waals surface area contributed by atoms with E-state index in [9.17, 15) is 34.1 Å². The number of aliphatic hydroxyl groups is 1. The number of halogens is 1. The van der Waals surface area contributed by atoms with Gasteiger partial charge in [0.15, 0.2) is 11.4 Å². The first-order chi connectivity index (χ1) is 16.5. The van der Waals surface area contributed by atoms with Gasteiger partial charge in [-0.1, -0.05) is 43.5 Å². The number of hydrogen-bond donors (Lipinski definition) is 3. The highest BCUT2D eigenvalue weighted by atomic mass is 19.1. The number of furan rings is 1. The molecule has 1 heterocycles. The van der Waals surface area contributed by atoms with Gasteiger partial charge in [0.1, 0.15) is 11.6 Å². The van der Waals surface area contributed by atoms with Gasteiger partial charge in [0.2, 0.25) is 5.78 Å². The molecule has 1 saturated carbocycles. The number of carbonyl (C=O) groups is 3. The second-order valence-electron chi connectivity index (χ2n) is 9.97. The molecular weight excluding hydrogens is 455 g/mol. The third-order valence-electron chi connectivity index (χ3n) is 7.32. The monoisotopic (exact) mass is 484 g/mol. The van der Waals surface area contributed by atoms with Crippen molar-refractivity contribution >= 4 is 17.7 Å². The maximum atomic E-state index is 13.7. The van der Waals surface area contributed by atoms with E-state index in [1.54, 1.807) is 18.2 Å². The number of hydrogen-bond acceptors (Lipinski definition) is 5. The van der Waals surface area contributed by atoms with Crippen molar-refractivity contribution in [3.63, 3.8) is 0 Å². The van der Waals surface area contributed by atoms with Crippen LogP contribution in [0.2, 0.25) is 0 Å². The Morgan fingerprint density at radius 1 is 1.06 bits per heavy atom. The second-order valence-corrected chi connectivity index (χ2v) is 9.97. The van der Waals surface area contributed by atoms with E-state index >= 15 is 0 Å². The highest BCUT2D eigenvalue weighted by Crippen LogP contribution is 2.43. The minimum absolute atomic E-state index is 0.0526. The molecule has 0 radical (unpaired) electrons. The Hall–Kier alpha value is -3.26. The summed E-state index contributed by atoms with van der Waals surface area (Å²) in [6, 6.07) is 7.64. The van der Waals surface area contributed by atoms with Crippen molar-refractivity contribution < 1.29 is 38.5 Å². The molecule has 7 nitrogen and oxygen atoms in total. The average molecular weight is 485 g/mol. The van der Waals surface area contributed by atoms with Gasteiger partial charge in [-0.05, 0) is 43.5 Å². The zero-order chi connectivity index (χ0) is 25.4. The lowest BCUT2D eigenvalue weighted by Crippen LogP contribution is -2.54. The van der Waals surface area contributed by atoms with Gasteiger partial charge < -0.3 is 19.7 Å². The number of Topliss-reactive ketones (excluding diaryl/α,β-unsaturated/α-hetero) is 1. The van der Waals surface area contributed by atoms with Crippen LogP contribution < -0.4 is 0 Å². The van der Waals surface area contributed by atoms with E-state index in [1.807, 2.05) is 0 Å². The third kappa shape index (κ3) is 4.80. The molecule has 3 unspecified atom stereocenters. The van der Waals surface area contributed by atoms with Crippen molar-refractivity contribution in [1.29, 1.82) is 0 Å². The fraction of sp³-hybridized carbons (Fsp3) is 0.444. The highest BCUT2D eigenvalue weighted by Gasteiger charge is 2.56. The number of carboxylic acid groups (broad SMARTS) is 2. The van der Waals surface area contributed by atoms with Crippen LogP contribution in [0.25, 0.3) is 0 Å². The topological polar surface area (TPSA) is 125 Å². The van der Waals surface area contributed by atoms with Gasteiger partial charge in [0.25, 0.3) is 0 Å². The SMILES string of the molecule is CC1(C(=O)O)C=CC(C(=O)c2oc(C3CCCCC3)cc2Cc2ccc(F)cc2)C(O)(C(=O)O)C1. The van der Waals surface area contributed by atoms with Gasteiger partial charge in [0, 0.05) is 24.3 Å². The Kier molecular flexibility index (Phi) is 6.68. The number of carboxylic acids is 2. The van der Waals surface area contributed by atoms with Crippen LogP contribution in [0.15, 0.2) is 46.9 Å². The summed E-state index contributed by atoms with van der Waals surface area (Å²) in [5, 5.41) is 30.4. The molecule has 0 spiro atoms. The Morgan fingerprint density at radius 3 is 2.31 bits per heavy atom. The van der Waals surface area contributed by atoms with Gasteiger partial charge >= 0.3 is 11.9 Å². The molecule has 3 N–H and O–H groups in total. The summed E-state index contributed by atoms with van der Waals surface area (Å²) in [6.07, 6.45) is 7.06. The summed E-state index contributed by atoms with van der Waals surface area (Å²) in [4.78, 5) is 37.5. The highest BCUT2D eigenvalue weighted by molar-refractivity contribution is 6.02. The molecule has 8 heteroatoms. The molecule has 1 fully saturated rings. The van der Waals surface area contributed by atoms with E-state index in [1.165, 1.54) is 31.2 Å². The lowest BCUT2D eigenvalue weighted by atomic mass is 9.66. The molecule has 2 aromatic rings. The van der Waals surface area contributed by atoms with Crippen molar-refractivity contribution in [2.75, 3.05) is 0 Å². The van der Waals surface area contributed by atoms with Crippen molar-refractivity contribution in [3.8, 4) is 0 Å². The molecule has 2 aliphatic rings. The Bertz CT molecular complexity index is 1160. The molecule has 0 aliphatic heterocycles. The number of carbonyl (C=O) groups excluding carboxylic acids is 1. The number of aliphatic carboxylic acids is 2. The van der Waals surface area contributed by atoms with Crippen LogP contribution in [0.5, 0.6) is 0 Å². The number of ketones is 1. The summed E-state index contributed by atoms with van der Waals surface area (Å²) < 4.78 is 19.5. The summed E-state index contributed by atoms with van der Waals surface area (Å²) in [7, 11) is 0. The van der Waals surface area contributed by atoms with Gasteiger partial charge in [-0.3, -0.25) is 9.59 Å². The van der Waals surface area contributed by atoms with Crippen molar-refractivity contribution in [1.82, 2.24) is 0 Å². The largest absolute Gasteiger partial charge is 0.481 e. The maximum Gasteiger partial charge on any atom is 0.336 e. The minimum Gasteiger partial charge on any atom is -0.481 e. The fourth-order valence-corrected chi connectivity index (χ4v) is 5.20. The first-order valence-corrected chi connectivity index (χ1v) is 11.8. The van der Waals surface area contributed by atoms with Gasteiger partial charge in [-0.25, -0.2) is 9.18 Å².